The summed E-state index contributed by atoms with van der Waals surface area (Å²) in [5.41, 5.74) is 9.54. The normalized spacial score (nSPS) is 18.0. The molecule has 1 amide bonds. The van der Waals surface area contributed by atoms with Crippen LogP contribution in [-0.2, 0) is 17.6 Å². The Bertz CT molecular complexity index is 887. The van der Waals surface area contributed by atoms with Gasteiger partial charge in [0.15, 0.2) is 0 Å². The van der Waals surface area contributed by atoms with E-state index in [1.807, 2.05) is 6.07 Å². The van der Waals surface area contributed by atoms with Crippen LogP contribution in [-0.4, -0.2) is 36.0 Å². The number of hydrogen-bond acceptors (Lipinski definition) is 6. The van der Waals surface area contributed by atoms with Crippen molar-refractivity contribution in [1.82, 2.24) is 15.3 Å². The number of aryl methyl sites for hydroxylation is 1. The molecule has 1 aromatic heterocycles. The predicted molar refractivity (Wildman–Crippen MR) is 119 cm³/mol. The highest BCUT2D eigenvalue weighted by Crippen LogP contribution is 2.33. The molecule has 2 heterocycles. The van der Waals surface area contributed by atoms with Crippen LogP contribution < -0.4 is 21.3 Å². The lowest BCUT2D eigenvalue weighted by Gasteiger charge is -2.34. The summed E-state index contributed by atoms with van der Waals surface area (Å²) in [6.07, 6.45) is 4.90. The molecule has 29 heavy (non-hydrogen) atoms. The fourth-order valence-electron chi connectivity index (χ4n) is 4.13. The molecule has 1 saturated heterocycles. The quantitative estimate of drug-likeness (QED) is 0.635. The van der Waals surface area contributed by atoms with Gasteiger partial charge in [0.1, 0.15) is 5.82 Å². The fraction of sp³-hybridized carbons (Fsp3) is 0.450. The van der Waals surface area contributed by atoms with Gasteiger partial charge in [-0.25, -0.2) is 4.98 Å². The minimum atomic E-state index is -0.00472. The van der Waals surface area contributed by atoms with Gasteiger partial charge in [-0.15, -0.1) is 12.4 Å². The Morgan fingerprint density at radius 3 is 2.83 bits per heavy atom. The van der Waals surface area contributed by atoms with Crippen LogP contribution in [0.15, 0.2) is 18.2 Å². The fourth-order valence-corrected chi connectivity index (χ4v) is 4.37. The van der Waals surface area contributed by atoms with E-state index < -0.39 is 0 Å². The van der Waals surface area contributed by atoms with Crippen molar-refractivity contribution in [3.63, 3.8) is 0 Å². The summed E-state index contributed by atoms with van der Waals surface area (Å²) in [6.45, 7) is 1.59. The molecule has 1 fully saturated rings. The lowest BCUT2D eigenvalue weighted by Crippen LogP contribution is -2.43. The van der Waals surface area contributed by atoms with Gasteiger partial charge < -0.3 is 21.3 Å². The molecule has 9 heteroatoms. The second kappa shape index (κ2) is 9.05. The van der Waals surface area contributed by atoms with Crippen LogP contribution in [0.3, 0.4) is 0 Å². The monoisotopic (exact) mass is 436 g/mol. The van der Waals surface area contributed by atoms with Crippen LogP contribution in [0.2, 0.25) is 5.02 Å². The molecule has 0 saturated carbocycles. The van der Waals surface area contributed by atoms with Crippen molar-refractivity contribution in [2.45, 2.75) is 32.1 Å². The Balaban J connectivity index is 0.00000240. The molecule has 7 nitrogen and oxygen atoms in total. The van der Waals surface area contributed by atoms with E-state index in [0.717, 1.165) is 55.8 Å². The Kier molecular flexibility index (Phi) is 6.70. The number of amides is 1. The molecule has 1 atom stereocenters. The molecular formula is C20H26Cl2N6O. The van der Waals surface area contributed by atoms with Gasteiger partial charge in [-0.05, 0) is 50.3 Å². The molecule has 0 bridgehead atoms. The number of carbonyl (C=O) groups is 1. The van der Waals surface area contributed by atoms with Crippen molar-refractivity contribution >= 4 is 53.1 Å². The first kappa shape index (κ1) is 21.5. The number of rotatable bonds is 4. The van der Waals surface area contributed by atoms with E-state index in [1.165, 1.54) is 5.56 Å². The zero-order valence-electron chi connectivity index (χ0n) is 16.4. The van der Waals surface area contributed by atoms with Crippen LogP contribution >= 0.6 is 24.0 Å². The van der Waals surface area contributed by atoms with E-state index >= 15 is 0 Å². The molecule has 0 radical (unpaired) electrons. The lowest BCUT2D eigenvalue weighted by atomic mass is 9.97. The number of anilines is 4. The Morgan fingerprint density at radius 1 is 1.24 bits per heavy atom. The number of aromatic nitrogens is 2. The van der Waals surface area contributed by atoms with Gasteiger partial charge in [-0.2, -0.15) is 4.98 Å². The summed E-state index contributed by atoms with van der Waals surface area (Å²) in [5.74, 6) is 1.59. The maximum atomic E-state index is 12.1. The van der Waals surface area contributed by atoms with Crippen molar-refractivity contribution in [3.05, 3.63) is 34.5 Å². The average Bonchev–Trinajstić information content (AvgIpc) is 3.14. The van der Waals surface area contributed by atoms with Gasteiger partial charge >= 0.3 is 0 Å². The molecule has 1 unspecified atom stereocenters. The van der Waals surface area contributed by atoms with Crippen LogP contribution in [0.1, 0.15) is 30.5 Å². The number of hydrogen-bond donors (Lipinski definition) is 3. The van der Waals surface area contributed by atoms with Crippen LogP contribution in [0.5, 0.6) is 0 Å². The van der Waals surface area contributed by atoms with Gasteiger partial charge in [0.25, 0.3) is 0 Å². The summed E-state index contributed by atoms with van der Waals surface area (Å²) in [4.78, 5) is 23.9. The molecule has 4 N–H and O–H groups in total. The minimum Gasteiger partial charge on any atom is -0.399 e. The van der Waals surface area contributed by atoms with Crippen molar-refractivity contribution in [1.29, 1.82) is 0 Å². The van der Waals surface area contributed by atoms with Crippen molar-refractivity contribution in [3.8, 4) is 0 Å². The standard InChI is InChI=1S/C20H25ClN6O.ClH/c1-23-19(28)12-4-3-7-27(11-12)18-16-5-2-6-17(16)25-20(26-18)24-15-9-13(21)8-14(22)10-15;/h8-10,12H,2-7,11,22H2,1H3,(H,23,28)(H,24,25,26);1H. The first-order valence-corrected chi connectivity index (χ1v) is 10.1. The summed E-state index contributed by atoms with van der Waals surface area (Å²) in [5, 5.41) is 6.59. The number of piperidine rings is 1. The molecule has 156 valence electrons. The molecule has 2 aliphatic rings. The van der Waals surface area contributed by atoms with Gasteiger partial charge in [-0.1, -0.05) is 11.6 Å². The van der Waals surface area contributed by atoms with Crippen molar-refractivity contribution in [2.24, 2.45) is 5.92 Å². The first-order chi connectivity index (χ1) is 13.5. The zero-order chi connectivity index (χ0) is 19.7. The summed E-state index contributed by atoms with van der Waals surface area (Å²) >= 11 is 6.12. The number of nitrogen functional groups attached to an aromatic ring is 1. The number of nitrogens with one attached hydrogen (secondary N) is 2. The second-order valence-electron chi connectivity index (χ2n) is 7.45. The number of nitrogens with two attached hydrogens (primary N) is 1. The molecular weight excluding hydrogens is 411 g/mol. The zero-order valence-corrected chi connectivity index (χ0v) is 17.9. The number of nitrogens with zero attached hydrogens (tertiary/aromatic N) is 3. The maximum absolute atomic E-state index is 12.1. The van der Waals surface area contributed by atoms with Gasteiger partial charge in [0, 0.05) is 42.1 Å². The maximum Gasteiger partial charge on any atom is 0.229 e. The highest BCUT2D eigenvalue weighted by Gasteiger charge is 2.29. The number of carbonyl (C=O) groups excluding carboxylic acids is 1. The second-order valence-corrected chi connectivity index (χ2v) is 7.88. The van der Waals surface area contributed by atoms with E-state index in [9.17, 15) is 4.79 Å². The van der Waals surface area contributed by atoms with Crippen LogP contribution in [0, 0.1) is 5.92 Å². The summed E-state index contributed by atoms with van der Waals surface area (Å²) < 4.78 is 0. The van der Waals surface area contributed by atoms with E-state index in [1.54, 1.807) is 19.2 Å². The number of benzene rings is 1. The minimum absolute atomic E-state index is 0. The largest absolute Gasteiger partial charge is 0.399 e. The highest BCUT2D eigenvalue weighted by atomic mass is 35.5. The molecule has 1 aliphatic carbocycles. The predicted octanol–water partition coefficient (Wildman–Crippen LogP) is 3.33. The Morgan fingerprint density at radius 2 is 2.07 bits per heavy atom. The van der Waals surface area contributed by atoms with E-state index in [2.05, 4.69) is 15.5 Å². The molecule has 2 aromatic rings. The molecule has 4 rings (SSSR count). The third kappa shape index (κ3) is 4.67. The van der Waals surface area contributed by atoms with E-state index in [-0.39, 0.29) is 24.2 Å². The molecule has 1 aromatic carbocycles. The Hall–Kier alpha value is -2.25. The van der Waals surface area contributed by atoms with Gasteiger partial charge in [0.05, 0.1) is 11.6 Å². The average molecular weight is 437 g/mol. The lowest BCUT2D eigenvalue weighted by molar-refractivity contribution is -0.124. The van der Waals surface area contributed by atoms with E-state index in [4.69, 9.17) is 27.3 Å². The molecule has 0 spiro atoms. The SMILES string of the molecule is CNC(=O)C1CCCN(c2nc(Nc3cc(N)cc(Cl)c3)nc3c2CCC3)C1.Cl. The third-order valence-corrected chi connectivity index (χ3v) is 5.64. The summed E-state index contributed by atoms with van der Waals surface area (Å²) in [7, 11) is 1.70. The van der Waals surface area contributed by atoms with Gasteiger partial charge in [-0.3, -0.25) is 4.79 Å². The van der Waals surface area contributed by atoms with Crippen molar-refractivity contribution < 1.29 is 4.79 Å². The Labute approximate surface area is 181 Å². The molecule has 1 aliphatic heterocycles. The van der Waals surface area contributed by atoms with Crippen molar-refractivity contribution in [2.75, 3.05) is 36.1 Å². The van der Waals surface area contributed by atoms with Crippen LogP contribution in [0.4, 0.5) is 23.1 Å². The highest BCUT2D eigenvalue weighted by molar-refractivity contribution is 6.31. The first-order valence-electron chi connectivity index (χ1n) is 9.73. The topological polar surface area (TPSA) is 96.2 Å². The smallest absolute Gasteiger partial charge is 0.229 e. The van der Waals surface area contributed by atoms with Gasteiger partial charge in [0.2, 0.25) is 11.9 Å². The van der Waals surface area contributed by atoms with E-state index in [0.29, 0.717) is 23.2 Å². The van der Waals surface area contributed by atoms with Crippen LogP contribution in [0.25, 0.3) is 0 Å². The third-order valence-electron chi connectivity index (χ3n) is 5.43. The number of fused-ring (bicyclic) bond motifs is 1. The number of halogens is 2. The summed E-state index contributed by atoms with van der Waals surface area (Å²) in [6, 6.07) is 5.32.